The van der Waals surface area contributed by atoms with Gasteiger partial charge in [-0.25, -0.2) is 4.79 Å². The van der Waals surface area contributed by atoms with Gasteiger partial charge in [-0.1, -0.05) is 24.3 Å². The molecule has 1 aliphatic heterocycles. The molecule has 0 saturated heterocycles. The average Bonchev–Trinajstić information content (AvgIpc) is 3.04. The molecule has 1 heterocycles. The molecule has 0 radical (unpaired) electrons. The van der Waals surface area contributed by atoms with Crippen LogP contribution >= 0.6 is 0 Å². The molecule has 0 aliphatic carbocycles. The molecule has 1 aromatic carbocycles. The fraction of sp³-hybridized carbons (Fsp3) is 0.381. The van der Waals surface area contributed by atoms with Crippen LogP contribution in [0.15, 0.2) is 18.2 Å². The van der Waals surface area contributed by atoms with Crippen LogP contribution in [-0.4, -0.2) is 36.2 Å². The third-order valence-corrected chi connectivity index (χ3v) is 5.03. The number of allylic oxidation sites excluding steroid dienone is 2. The second kappa shape index (κ2) is 8.73. The van der Waals surface area contributed by atoms with Gasteiger partial charge in [0.15, 0.2) is 0 Å². The first-order valence-corrected chi connectivity index (χ1v) is 9.10. The molecular formula is C21H22F3NO5. The Bertz CT molecular complexity index is 947. The SMILES string of the molecule is C=Cc1c(C)c2c(c(N(C)C(=O)C(F)(F)F)c1CC=C(C)CCC(=O)O)C(=O)OC2. The maximum absolute atomic E-state index is 13.1. The van der Waals surface area contributed by atoms with Crippen molar-refractivity contribution in [3.63, 3.8) is 0 Å². The molecule has 1 aromatic rings. The number of aliphatic carboxylic acids is 1. The molecule has 0 unspecified atom stereocenters. The molecule has 6 nitrogen and oxygen atoms in total. The van der Waals surface area contributed by atoms with Gasteiger partial charge in [0, 0.05) is 19.0 Å². The van der Waals surface area contributed by atoms with E-state index in [1.807, 2.05) is 0 Å². The lowest BCUT2D eigenvalue weighted by Crippen LogP contribution is -2.40. The number of anilines is 1. The second-order valence-corrected chi connectivity index (χ2v) is 7.01. The van der Waals surface area contributed by atoms with Gasteiger partial charge in [0.2, 0.25) is 0 Å². The number of fused-ring (bicyclic) bond motifs is 1. The van der Waals surface area contributed by atoms with Crippen LogP contribution in [0.2, 0.25) is 0 Å². The number of esters is 1. The third-order valence-electron chi connectivity index (χ3n) is 5.03. The van der Waals surface area contributed by atoms with E-state index in [4.69, 9.17) is 9.84 Å². The van der Waals surface area contributed by atoms with E-state index in [0.717, 1.165) is 7.05 Å². The number of alkyl halides is 3. The molecule has 0 aromatic heterocycles. The second-order valence-electron chi connectivity index (χ2n) is 7.01. The number of rotatable bonds is 7. The summed E-state index contributed by atoms with van der Waals surface area (Å²) in [6, 6.07) is 0. The number of hydrogen-bond acceptors (Lipinski definition) is 4. The smallest absolute Gasteiger partial charge is 0.471 e. The van der Waals surface area contributed by atoms with Gasteiger partial charge in [-0.2, -0.15) is 13.2 Å². The quantitative estimate of drug-likeness (QED) is 0.523. The Labute approximate surface area is 171 Å². The zero-order chi connectivity index (χ0) is 22.8. The summed E-state index contributed by atoms with van der Waals surface area (Å²) < 4.78 is 44.4. The van der Waals surface area contributed by atoms with Crippen molar-refractivity contribution >= 4 is 29.6 Å². The van der Waals surface area contributed by atoms with Gasteiger partial charge in [-0.3, -0.25) is 9.59 Å². The Kier molecular flexibility index (Phi) is 6.74. The first kappa shape index (κ1) is 23.2. The highest BCUT2D eigenvalue weighted by Crippen LogP contribution is 2.40. The summed E-state index contributed by atoms with van der Waals surface area (Å²) in [7, 11) is 0.962. The Hall–Kier alpha value is -3.10. The summed E-state index contributed by atoms with van der Waals surface area (Å²) in [6.07, 6.45) is -1.74. The van der Waals surface area contributed by atoms with Crippen LogP contribution in [-0.2, 0) is 27.4 Å². The van der Waals surface area contributed by atoms with Crippen molar-refractivity contribution in [2.24, 2.45) is 0 Å². The zero-order valence-corrected chi connectivity index (χ0v) is 16.9. The highest BCUT2D eigenvalue weighted by atomic mass is 19.4. The van der Waals surface area contributed by atoms with Crippen molar-refractivity contribution in [1.29, 1.82) is 0 Å². The van der Waals surface area contributed by atoms with Gasteiger partial charge in [-0.05, 0) is 43.4 Å². The largest absolute Gasteiger partial charge is 0.481 e. The van der Waals surface area contributed by atoms with Crippen LogP contribution in [0.25, 0.3) is 6.08 Å². The molecule has 162 valence electrons. The van der Waals surface area contributed by atoms with Crippen LogP contribution in [0.5, 0.6) is 0 Å². The fourth-order valence-corrected chi connectivity index (χ4v) is 3.44. The third kappa shape index (κ3) is 4.55. The maximum Gasteiger partial charge on any atom is 0.471 e. The Morgan fingerprint density at radius 3 is 2.47 bits per heavy atom. The van der Waals surface area contributed by atoms with Crippen LogP contribution in [0.4, 0.5) is 18.9 Å². The van der Waals surface area contributed by atoms with E-state index in [1.165, 1.54) is 6.08 Å². The monoisotopic (exact) mass is 425 g/mol. The number of carboxylic acids is 1. The number of ether oxygens (including phenoxy) is 1. The number of carbonyl (C=O) groups excluding carboxylic acids is 2. The van der Waals surface area contributed by atoms with E-state index in [0.29, 0.717) is 32.7 Å². The number of halogens is 3. The van der Waals surface area contributed by atoms with Crippen LogP contribution in [0.1, 0.15) is 52.4 Å². The number of amides is 1. The summed E-state index contributed by atoms with van der Waals surface area (Å²) in [6.45, 7) is 7.04. The number of hydrogen-bond donors (Lipinski definition) is 1. The molecule has 9 heteroatoms. The van der Waals surface area contributed by atoms with Gasteiger partial charge >= 0.3 is 24.0 Å². The molecule has 0 atom stereocenters. The number of benzene rings is 1. The lowest BCUT2D eigenvalue weighted by atomic mass is 9.88. The molecule has 0 spiro atoms. The van der Waals surface area contributed by atoms with Crippen molar-refractivity contribution in [2.45, 2.75) is 45.9 Å². The van der Waals surface area contributed by atoms with Crippen LogP contribution < -0.4 is 4.90 Å². The Morgan fingerprint density at radius 2 is 1.93 bits per heavy atom. The first-order chi connectivity index (χ1) is 13.9. The van der Waals surface area contributed by atoms with Gasteiger partial charge < -0.3 is 14.7 Å². The van der Waals surface area contributed by atoms with Gasteiger partial charge in [0.05, 0.1) is 11.3 Å². The van der Waals surface area contributed by atoms with E-state index in [9.17, 15) is 27.6 Å². The predicted molar refractivity (Wildman–Crippen MR) is 104 cm³/mol. The molecular weight excluding hydrogens is 403 g/mol. The van der Waals surface area contributed by atoms with Gasteiger partial charge in [-0.15, -0.1) is 0 Å². The highest BCUT2D eigenvalue weighted by molar-refractivity contribution is 6.08. The van der Waals surface area contributed by atoms with E-state index in [2.05, 4.69) is 6.58 Å². The minimum atomic E-state index is -5.13. The summed E-state index contributed by atoms with van der Waals surface area (Å²) in [5.41, 5.74) is 2.35. The maximum atomic E-state index is 13.1. The van der Waals surface area contributed by atoms with E-state index < -0.39 is 24.0 Å². The van der Waals surface area contributed by atoms with Gasteiger partial charge in [0.1, 0.15) is 6.61 Å². The molecule has 0 saturated carbocycles. The normalized spacial score (nSPS) is 13.7. The number of carboxylic acid groups (broad SMARTS) is 1. The minimum absolute atomic E-state index is 0.0650. The molecule has 1 N–H and O–H groups in total. The summed E-state index contributed by atoms with van der Waals surface area (Å²) >= 11 is 0. The van der Waals surface area contributed by atoms with Crippen molar-refractivity contribution in [2.75, 3.05) is 11.9 Å². The molecule has 0 bridgehead atoms. The van der Waals surface area contributed by atoms with E-state index in [-0.39, 0.29) is 37.1 Å². The Balaban J connectivity index is 2.68. The minimum Gasteiger partial charge on any atom is -0.481 e. The van der Waals surface area contributed by atoms with Crippen molar-refractivity contribution in [1.82, 2.24) is 0 Å². The summed E-state index contributed by atoms with van der Waals surface area (Å²) in [5, 5.41) is 8.81. The van der Waals surface area contributed by atoms with Crippen molar-refractivity contribution in [3.05, 3.63) is 46.0 Å². The van der Waals surface area contributed by atoms with E-state index >= 15 is 0 Å². The Morgan fingerprint density at radius 1 is 1.30 bits per heavy atom. The first-order valence-electron chi connectivity index (χ1n) is 9.10. The number of nitrogens with zero attached hydrogens (tertiary/aromatic N) is 1. The van der Waals surface area contributed by atoms with Crippen molar-refractivity contribution < 1.29 is 37.4 Å². The van der Waals surface area contributed by atoms with Gasteiger partial charge in [0.25, 0.3) is 0 Å². The van der Waals surface area contributed by atoms with E-state index in [1.54, 1.807) is 19.9 Å². The number of carbonyl (C=O) groups is 3. The fourth-order valence-electron chi connectivity index (χ4n) is 3.44. The summed E-state index contributed by atoms with van der Waals surface area (Å²) in [4.78, 5) is 35.5. The number of cyclic esters (lactones) is 1. The van der Waals surface area contributed by atoms with Crippen molar-refractivity contribution in [3.8, 4) is 0 Å². The molecule has 0 fully saturated rings. The van der Waals surface area contributed by atoms with Crippen LogP contribution in [0.3, 0.4) is 0 Å². The molecule has 1 aliphatic rings. The molecule has 30 heavy (non-hydrogen) atoms. The highest BCUT2D eigenvalue weighted by Gasteiger charge is 2.44. The lowest BCUT2D eigenvalue weighted by Gasteiger charge is -2.26. The average molecular weight is 425 g/mol. The standard InChI is InChI=1S/C21H22F3NO5/c1-5-13-12(3)15-10-30-19(28)17(15)18(25(4)20(29)21(22,23)24)14(13)8-6-11(2)7-9-16(26)27/h5-6H,1,7-10H2,2-4H3,(H,26,27). The topological polar surface area (TPSA) is 83.9 Å². The predicted octanol–water partition coefficient (Wildman–Crippen LogP) is 4.19. The molecule has 1 amide bonds. The zero-order valence-electron chi connectivity index (χ0n) is 16.9. The molecule has 2 rings (SSSR count). The summed E-state index contributed by atoms with van der Waals surface area (Å²) in [5.74, 6) is -3.88. The van der Waals surface area contributed by atoms with Crippen LogP contribution in [0, 0.1) is 6.92 Å². The lowest BCUT2D eigenvalue weighted by molar-refractivity contribution is -0.170.